The van der Waals surface area contributed by atoms with Crippen LogP contribution in [0.5, 0.6) is 0 Å². The summed E-state index contributed by atoms with van der Waals surface area (Å²) in [6.45, 7) is 2.98. The number of morpholine rings is 1. The van der Waals surface area contributed by atoms with Gasteiger partial charge in [-0.25, -0.2) is 10.8 Å². The zero-order valence-corrected chi connectivity index (χ0v) is 11.8. The Hall–Kier alpha value is -1.73. The van der Waals surface area contributed by atoms with Crippen LogP contribution < -0.4 is 11.3 Å². The molecule has 4 N–H and O–H groups in total. The maximum absolute atomic E-state index is 9.22. The lowest BCUT2D eigenvalue weighted by atomic mass is 10.1. The van der Waals surface area contributed by atoms with E-state index in [0.29, 0.717) is 19.0 Å². The fourth-order valence-corrected chi connectivity index (χ4v) is 2.68. The van der Waals surface area contributed by atoms with E-state index in [4.69, 9.17) is 10.6 Å². The zero-order chi connectivity index (χ0) is 14.7. The zero-order valence-electron chi connectivity index (χ0n) is 11.8. The maximum atomic E-state index is 9.22. The number of nitrogens with two attached hydrogens (primary N) is 1. The van der Waals surface area contributed by atoms with Gasteiger partial charge in [-0.15, -0.1) is 0 Å². The van der Waals surface area contributed by atoms with Crippen LogP contribution in [0.3, 0.4) is 0 Å². The molecule has 6 nitrogen and oxygen atoms in total. The SMILES string of the molecule is NNc1nc2ccccc2cc1CN1CCOC(CO)C1. The van der Waals surface area contributed by atoms with Crippen LogP contribution in [0.25, 0.3) is 10.9 Å². The normalized spacial score (nSPS) is 19.8. The molecule has 2 aromatic rings. The van der Waals surface area contributed by atoms with Crippen molar-refractivity contribution in [3.63, 3.8) is 0 Å². The van der Waals surface area contributed by atoms with Gasteiger partial charge in [-0.05, 0) is 12.1 Å². The Morgan fingerprint density at radius 1 is 1.43 bits per heavy atom. The number of aliphatic hydroxyl groups excluding tert-OH is 1. The Kier molecular flexibility index (Phi) is 4.31. The predicted molar refractivity (Wildman–Crippen MR) is 81.7 cm³/mol. The summed E-state index contributed by atoms with van der Waals surface area (Å²) in [4.78, 5) is 6.80. The Bertz CT molecular complexity index is 620. The number of nitrogens with one attached hydrogen (secondary N) is 1. The number of pyridine rings is 1. The van der Waals surface area contributed by atoms with E-state index in [1.807, 2.05) is 24.3 Å². The largest absolute Gasteiger partial charge is 0.394 e. The Morgan fingerprint density at radius 3 is 3.10 bits per heavy atom. The maximum Gasteiger partial charge on any atom is 0.145 e. The molecule has 0 spiro atoms. The summed E-state index contributed by atoms with van der Waals surface area (Å²) in [5.41, 5.74) is 4.66. The number of hydrogen-bond acceptors (Lipinski definition) is 6. The van der Waals surface area contributed by atoms with Crippen molar-refractivity contribution in [2.75, 3.05) is 31.7 Å². The number of hydrazine groups is 1. The van der Waals surface area contributed by atoms with Crippen molar-refractivity contribution in [1.82, 2.24) is 9.88 Å². The summed E-state index contributed by atoms with van der Waals surface area (Å²) in [7, 11) is 0. The Balaban J connectivity index is 1.85. The fraction of sp³-hybridized carbons (Fsp3) is 0.400. The molecule has 0 amide bonds. The first-order valence-electron chi connectivity index (χ1n) is 7.10. The van der Waals surface area contributed by atoms with Gasteiger partial charge in [0.2, 0.25) is 0 Å². The van der Waals surface area contributed by atoms with Gasteiger partial charge in [0, 0.05) is 30.6 Å². The van der Waals surface area contributed by atoms with Crippen LogP contribution in [0.4, 0.5) is 5.82 Å². The molecule has 1 atom stereocenters. The lowest BCUT2D eigenvalue weighted by molar-refractivity contribution is -0.0550. The van der Waals surface area contributed by atoms with E-state index >= 15 is 0 Å². The van der Waals surface area contributed by atoms with E-state index in [9.17, 15) is 5.11 Å². The van der Waals surface area contributed by atoms with Crippen LogP contribution in [-0.4, -0.2) is 47.4 Å². The summed E-state index contributed by atoms with van der Waals surface area (Å²) < 4.78 is 5.47. The van der Waals surface area contributed by atoms with Gasteiger partial charge >= 0.3 is 0 Å². The molecule has 0 radical (unpaired) electrons. The molecule has 0 bridgehead atoms. The molecule has 6 heteroatoms. The molecule has 2 heterocycles. The number of rotatable bonds is 4. The molecule has 3 rings (SSSR count). The van der Waals surface area contributed by atoms with Crippen molar-refractivity contribution >= 4 is 16.7 Å². The van der Waals surface area contributed by atoms with Gasteiger partial charge in [-0.3, -0.25) is 4.90 Å². The first-order chi connectivity index (χ1) is 10.3. The minimum atomic E-state index is -0.110. The highest BCUT2D eigenvalue weighted by molar-refractivity contribution is 5.81. The third-order valence-electron chi connectivity index (χ3n) is 3.76. The molecule has 1 aromatic heterocycles. The van der Waals surface area contributed by atoms with Crippen LogP contribution >= 0.6 is 0 Å². The summed E-state index contributed by atoms with van der Waals surface area (Å²) in [5, 5.41) is 10.3. The van der Waals surface area contributed by atoms with Gasteiger partial charge in [-0.1, -0.05) is 18.2 Å². The average Bonchev–Trinajstić information content (AvgIpc) is 2.54. The molecule has 1 aliphatic heterocycles. The number of benzene rings is 1. The number of anilines is 1. The lowest BCUT2D eigenvalue weighted by Gasteiger charge is -2.32. The van der Waals surface area contributed by atoms with E-state index < -0.39 is 0 Å². The van der Waals surface area contributed by atoms with Gasteiger partial charge in [0.25, 0.3) is 0 Å². The molecule has 1 aromatic carbocycles. The lowest BCUT2D eigenvalue weighted by Crippen LogP contribution is -2.43. The Labute approximate surface area is 123 Å². The van der Waals surface area contributed by atoms with E-state index in [2.05, 4.69) is 21.4 Å². The minimum Gasteiger partial charge on any atom is -0.394 e. The predicted octanol–water partition coefficient (Wildman–Crippen LogP) is 0.713. The number of ether oxygens (including phenoxy) is 1. The van der Waals surface area contributed by atoms with Crippen molar-refractivity contribution in [2.24, 2.45) is 5.84 Å². The van der Waals surface area contributed by atoms with Gasteiger partial charge in [0.15, 0.2) is 0 Å². The monoisotopic (exact) mass is 288 g/mol. The van der Waals surface area contributed by atoms with Gasteiger partial charge in [0.1, 0.15) is 5.82 Å². The number of para-hydroxylation sites is 1. The third kappa shape index (κ3) is 3.14. The van der Waals surface area contributed by atoms with E-state index in [1.54, 1.807) is 0 Å². The standard InChI is InChI=1S/C15H20N4O2/c16-18-15-12(7-11-3-1-2-4-14(11)17-15)8-19-5-6-21-13(9-19)10-20/h1-4,7,13,20H,5-6,8-10,16H2,(H,17,18). The summed E-state index contributed by atoms with van der Waals surface area (Å²) in [6, 6.07) is 10.1. The van der Waals surface area contributed by atoms with Crippen molar-refractivity contribution in [3.05, 3.63) is 35.9 Å². The number of aliphatic hydroxyl groups is 1. The number of hydrogen-bond donors (Lipinski definition) is 3. The van der Waals surface area contributed by atoms with Crippen molar-refractivity contribution < 1.29 is 9.84 Å². The fourth-order valence-electron chi connectivity index (χ4n) is 2.68. The molecule has 1 saturated heterocycles. The summed E-state index contributed by atoms with van der Waals surface area (Å²) in [5.74, 6) is 6.30. The third-order valence-corrected chi connectivity index (χ3v) is 3.76. The van der Waals surface area contributed by atoms with Crippen LogP contribution in [0.1, 0.15) is 5.56 Å². The number of aromatic nitrogens is 1. The second kappa shape index (κ2) is 6.36. The summed E-state index contributed by atoms with van der Waals surface area (Å²) in [6.07, 6.45) is -0.110. The van der Waals surface area contributed by atoms with E-state index in [1.165, 1.54) is 0 Å². The highest BCUT2D eigenvalue weighted by Gasteiger charge is 2.20. The van der Waals surface area contributed by atoms with Crippen LogP contribution in [0, 0.1) is 0 Å². The van der Waals surface area contributed by atoms with Gasteiger partial charge in [0.05, 0.1) is 24.8 Å². The first kappa shape index (κ1) is 14.2. The average molecular weight is 288 g/mol. The molecular formula is C15H20N4O2. The Morgan fingerprint density at radius 2 is 2.29 bits per heavy atom. The minimum absolute atomic E-state index is 0.0501. The molecule has 1 unspecified atom stereocenters. The van der Waals surface area contributed by atoms with E-state index in [-0.39, 0.29) is 12.7 Å². The van der Waals surface area contributed by atoms with Crippen molar-refractivity contribution in [3.8, 4) is 0 Å². The molecule has 0 saturated carbocycles. The summed E-state index contributed by atoms with van der Waals surface area (Å²) >= 11 is 0. The molecular weight excluding hydrogens is 268 g/mol. The topological polar surface area (TPSA) is 83.6 Å². The van der Waals surface area contributed by atoms with Crippen molar-refractivity contribution in [2.45, 2.75) is 12.6 Å². The van der Waals surface area contributed by atoms with Crippen LogP contribution in [-0.2, 0) is 11.3 Å². The number of fused-ring (bicyclic) bond motifs is 1. The molecule has 0 aliphatic carbocycles. The quantitative estimate of drug-likeness (QED) is 0.568. The van der Waals surface area contributed by atoms with E-state index in [0.717, 1.165) is 29.6 Å². The molecule has 21 heavy (non-hydrogen) atoms. The van der Waals surface area contributed by atoms with Gasteiger partial charge in [-0.2, -0.15) is 0 Å². The number of nitrogens with zero attached hydrogens (tertiary/aromatic N) is 2. The van der Waals surface area contributed by atoms with Crippen LogP contribution in [0.15, 0.2) is 30.3 Å². The second-order valence-electron chi connectivity index (χ2n) is 5.24. The highest BCUT2D eigenvalue weighted by atomic mass is 16.5. The number of nitrogen functional groups attached to an aromatic ring is 1. The molecule has 112 valence electrons. The second-order valence-corrected chi connectivity index (χ2v) is 5.24. The van der Waals surface area contributed by atoms with Crippen LogP contribution in [0.2, 0.25) is 0 Å². The highest BCUT2D eigenvalue weighted by Crippen LogP contribution is 2.22. The van der Waals surface area contributed by atoms with Gasteiger partial charge < -0.3 is 15.3 Å². The molecule has 1 aliphatic rings. The first-order valence-corrected chi connectivity index (χ1v) is 7.10. The smallest absolute Gasteiger partial charge is 0.145 e. The molecule has 1 fully saturated rings. The van der Waals surface area contributed by atoms with Crippen molar-refractivity contribution in [1.29, 1.82) is 0 Å².